The minimum atomic E-state index is 0.540. The van der Waals surface area contributed by atoms with E-state index in [2.05, 4.69) is 232 Å². The Labute approximate surface area is 397 Å². The first-order valence-electron chi connectivity index (χ1n) is 23.4. The third-order valence-electron chi connectivity index (χ3n) is 13.7. The van der Waals surface area contributed by atoms with Crippen LogP contribution in [-0.4, -0.2) is 28.7 Å². The van der Waals surface area contributed by atoms with Crippen LogP contribution in [-0.2, 0) is 0 Å². The minimum Gasteiger partial charge on any atom is -0.309 e. The molecule has 10 aromatic carbocycles. The fourth-order valence-corrected chi connectivity index (χ4v) is 10.6. The maximum Gasteiger partial charge on any atom is 0.238 e. The molecule has 0 N–H and O–H groups in total. The molecule has 0 saturated heterocycles. The van der Waals surface area contributed by atoms with Crippen molar-refractivity contribution in [2.45, 2.75) is 0 Å². The zero-order valence-corrected chi connectivity index (χ0v) is 37.3. The first-order chi connectivity index (χ1) is 34.2. The number of nitrogens with zero attached hydrogens (tertiary/aromatic N) is 6. The summed E-state index contributed by atoms with van der Waals surface area (Å²) >= 11 is 0. The van der Waals surface area contributed by atoms with Gasteiger partial charge in [-0.05, 0) is 64.7 Å². The van der Waals surface area contributed by atoms with Gasteiger partial charge >= 0.3 is 0 Å². The van der Waals surface area contributed by atoms with Crippen molar-refractivity contribution in [3.05, 3.63) is 243 Å². The molecule has 6 heteroatoms. The summed E-state index contributed by atoms with van der Waals surface area (Å²) in [6.07, 6.45) is 0. The quantitative estimate of drug-likeness (QED) is 0.160. The van der Waals surface area contributed by atoms with E-state index in [0.717, 1.165) is 77.5 Å². The lowest BCUT2D eigenvalue weighted by Crippen LogP contribution is -2.07. The lowest BCUT2D eigenvalue weighted by Gasteiger charge is -2.16. The highest BCUT2D eigenvalue weighted by Gasteiger charge is 2.24. The Hall–Kier alpha value is -9.39. The summed E-state index contributed by atoms with van der Waals surface area (Å²) in [6, 6.07) is 86.3. The summed E-state index contributed by atoms with van der Waals surface area (Å²) in [5.41, 5.74) is 15.1. The van der Waals surface area contributed by atoms with E-state index in [1.54, 1.807) is 0 Å². The molecule has 0 aliphatic heterocycles. The molecule has 6 nitrogen and oxygen atoms in total. The summed E-state index contributed by atoms with van der Waals surface area (Å²) in [5, 5.41) is 7.03. The van der Waals surface area contributed by atoms with Crippen LogP contribution in [0.1, 0.15) is 0 Å². The summed E-state index contributed by atoms with van der Waals surface area (Å²) in [5.74, 6) is 1.73. The van der Waals surface area contributed by atoms with Crippen LogP contribution in [0.15, 0.2) is 243 Å². The molecule has 0 bridgehead atoms. The molecule has 0 atom stereocenters. The van der Waals surface area contributed by atoms with Crippen LogP contribution in [0.25, 0.3) is 128 Å². The van der Waals surface area contributed by atoms with Gasteiger partial charge in [0.15, 0.2) is 11.6 Å². The minimum absolute atomic E-state index is 0.540. The fraction of sp³-hybridized carbons (Fsp3) is 0. The van der Waals surface area contributed by atoms with E-state index in [9.17, 15) is 0 Å². The zero-order valence-electron chi connectivity index (χ0n) is 37.3. The highest BCUT2D eigenvalue weighted by molar-refractivity contribution is 6.17. The smallest absolute Gasteiger partial charge is 0.238 e. The van der Waals surface area contributed by atoms with Gasteiger partial charge in [-0.15, -0.1) is 0 Å². The predicted octanol–water partition coefficient (Wildman–Crippen LogP) is 15.8. The van der Waals surface area contributed by atoms with Crippen LogP contribution in [0.4, 0.5) is 0 Å². The van der Waals surface area contributed by atoms with Gasteiger partial charge in [0.1, 0.15) is 0 Å². The van der Waals surface area contributed by atoms with Crippen LogP contribution in [0, 0.1) is 0 Å². The van der Waals surface area contributed by atoms with Gasteiger partial charge in [0.25, 0.3) is 0 Å². The van der Waals surface area contributed by atoms with Crippen molar-refractivity contribution in [3.8, 4) is 62.4 Å². The number of hydrogen-bond donors (Lipinski definition) is 0. The first-order valence-corrected chi connectivity index (χ1v) is 23.4. The van der Waals surface area contributed by atoms with Gasteiger partial charge in [0, 0.05) is 43.4 Å². The van der Waals surface area contributed by atoms with Gasteiger partial charge in [-0.1, -0.05) is 200 Å². The highest BCUT2D eigenvalue weighted by Crippen LogP contribution is 2.43. The molecule has 322 valence electrons. The van der Waals surface area contributed by atoms with Crippen LogP contribution in [0.3, 0.4) is 0 Å². The molecule has 0 amide bonds. The van der Waals surface area contributed by atoms with Crippen LogP contribution < -0.4 is 0 Å². The highest BCUT2D eigenvalue weighted by atomic mass is 15.2. The lowest BCUT2D eigenvalue weighted by atomic mass is 9.99. The second kappa shape index (κ2) is 15.6. The third-order valence-corrected chi connectivity index (χ3v) is 13.7. The normalized spacial score (nSPS) is 11.8. The average Bonchev–Trinajstić information content (AvgIpc) is 4.07. The Bertz CT molecular complexity index is 4170. The van der Waals surface area contributed by atoms with E-state index in [-0.39, 0.29) is 0 Å². The van der Waals surface area contributed by atoms with Crippen molar-refractivity contribution in [3.63, 3.8) is 0 Å². The van der Waals surface area contributed by atoms with Crippen molar-refractivity contribution < 1.29 is 0 Å². The Morgan fingerprint density at radius 1 is 0.246 bits per heavy atom. The van der Waals surface area contributed by atoms with E-state index < -0.39 is 0 Å². The maximum absolute atomic E-state index is 5.43. The molecule has 0 spiro atoms. The monoisotopic (exact) mass is 880 g/mol. The molecule has 0 fully saturated rings. The molecule has 4 aromatic heterocycles. The molecular formula is C63H40N6. The largest absolute Gasteiger partial charge is 0.309 e. The molecule has 4 heterocycles. The summed E-state index contributed by atoms with van der Waals surface area (Å²) in [7, 11) is 0. The first kappa shape index (κ1) is 38.8. The average molecular weight is 881 g/mol. The topological polar surface area (TPSA) is 53.5 Å². The maximum atomic E-state index is 5.43. The molecule has 14 rings (SSSR count). The van der Waals surface area contributed by atoms with Gasteiger partial charge in [-0.25, -0.2) is 4.98 Å². The standard InChI is InChI=1S/C63H40N6/c1-3-17-41(18-4-1)42-31-33-43(34-32-42)44-35-37-46(38-36-44)62-64-61(45-19-5-2-6-20-45)65-63(66-62)69-57-30-16-11-25-52(57)60-58(68-55-28-14-9-23-50(55)51-24-10-15-29-56(51)68)39-47(40-59(60)69)67-53-26-12-7-21-48(53)49-22-8-13-27-54(49)67/h1-40H. The number of rotatable bonds is 7. The molecule has 0 aliphatic carbocycles. The molecule has 69 heavy (non-hydrogen) atoms. The molecule has 0 aliphatic rings. The summed E-state index contributed by atoms with van der Waals surface area (Å²) in [6.45, 7) is 0. The van der Waals surface area contributed by atoms with Crippen LogP contribution >= 0.6 is 0 Å². The molecule has 0 radical (unpaired) electrons. The van der Waals surface area contributed by atoms with E-state index in [4.69, 9.17) is 15.0 Å². The SMILES string of the molecule is c1ccc(-c2ccc(-c3ccc(-c4nc(-c5ccccc5)nc(-n5c6ccccc6c6c(-n7c8ccccc8c8ccccc87)cc(-n7c8ccccc8c8ccccc87)cc65)n4)cc3)cc2)cc1. The molecular weight excluding hydrogens is 841 g/mol. The predicted molar refractivity (Wildman–Crippen MR) is 285 cm³/mol. The van der Waals surface area contributed by atoms with Gasteiger partial charge in [0.05, 0.1) is 44.5 Å². The molecule has 0 unspecified atom stereocenters. The molecule has 14 aromatic rings. The zero-order chi connectivity index (χ0) is 45.4. The summed E-state index contributed by atoms with van der Waals surface area (Å²) < 4.78 is 7.11. The van der Waals surface area contributed by atoms with E-state index in [1.807, 2.05) is 24.3 Å². The fourth-order valence-electron chi connectivity index (χ4n) is 10.6. The van der Waals surface area contributed by atoms with Gasteiger partial charge < -0.3 is 9.13 Å². The van der Waals surface area contributed by atoms with E-state index in [0.29, 0.717) is 17.6 Å². The van der Waals surface area contributed by atoms with Crippen molar-refractivity contribution in [1.82, 2.24) is 28.7 Å². The Morgan fingerprint density at radius 2 is 0.594 bits per heavy atom. The number of para-hydroxylation sites is 5. The molecule has 0 saturated carbocycles. The van der Waals surface area contributed by atoms with Gasteiger partial charge in [-0.3, -0.25) is 4.57 Å². The number of hydrogen-bond acceptors (Lipinski definition) is 3. The van der Waals surface area contributed by atoms with Crippen molar-refractivity contribution in [1.29, 1.82) is 0 Å². The number of aromatic nitrogens is 6. The van der Waals surface area contributed by atoms with Crippen LogP contribution in [0.2, 0.25) is 0 Å². The van der Waals surface area contributed by atoms with Gasteiger partial charge in [0.2, 0.25) is 5.95 Å². The second-order valence-corrected chi connectivity index (χ2v) is 17.6. The Morgan fingerprint density at radius 3 is 1.07 bits per heavy atom. The summed E-state index contributed by atoms with van der Waals surface area (Å²) in [4.78, 5) is 16.0. The van der Waals surface area contributed by atoms with Gasteiger partial charge in [-0.2, -0.15) is 9.97 Å². The van der Waals surface area contributed by atoms with Crippen molar-refractivity contribution in [2.75, 3.05) is 0 Å². The second-order valence-electron chi connectivity index (χ2n) is 17.6. The Kier molecular flexibility index (Phi) is 8.79. The lowest BCUT2D eigenvalue weighted by molar-refractivity contribution is 0.952. The Balaban J connectivity index is 1.04. The van der Waals surface area contributed by atoms with Crippen LogP contribution in [0.5, 0.6) is 0 Å². The number of fused-ring (bicyclic) bond motifs is 9. The third kappa shape index (κ3) is 6.23. The van der Waals surface area contributed by atoms with Crippen molar-refractivity contribution >= 4 is 65.4 Å². The van der Waals surface area contributed by atoms with E-state index >= 15 is 0 Å². The van der Waals surface area contributed by atoms with Crippen molar-refractivity contribution in [2.24, 2.45) is 0 Å². The van der Waals surface area contributed by atoms with E-state index in [1.165, 1.54) is 32.7 Å². The number of benzene rings is 10.